The molecule has 8 heteroatoms. The molecular formula is C25H22N2O5S. The molecule has 0 unspecified atom stereocenters. The van der Waals surface area contributed by atoms with Crippen LogP contribution in [0, 0.1) is 0 Å². The molecule has 0 saturated carbocycles. The topological polar surface area (TPSA) is 84.9 Å². The third kappa shape index (κ3) is 4.85. The Morgan fingerprint density at radius 3 is 2.61 bits per heavy atom. The lowest BCUT2D eigenvalue weighted by Gasteiger charge is -2.23. The van der Waals surface area contributed by atoms with E-state index in [-0.39, 0.29) is 25.0 Å². The van der Waals surface area contributed by atoms with Crippen LogP contribution in [0.25, 0.3) is 0 Å². The predicted molar refractivity (Wildman–Crippen MR) is 126 cm³/mol. The Bertz CT molecular complexity index is 1230. The molecule has 0 atom stereocenters. The van der Waals surface area contributed by atoms with Crippen LogP contribution in [0.2, 0.25) is 0 Å². The summed E-state index contributed by atoms with van der Waals surface area (Å²) in [4.78, 5) is 41.7. The molecule has 0 radical (unpaired) electrons. The van der Waals surface area contributed by atoms with E-state index in [1.54, 1.807) is 68.6 Å². The molecule has 0 bridgehead atoms. The summed E-state index contributed by atoms with van der Waals surface area (Å²) in [5.41, 5.74) is 1.84. The third-order valence-electron chi connectivity index (χ3n) is 5.00. The van der Waals surface area contributed by atoms with Crippen molar-refractivity contribution in [1.29, 1.82) is 0 Å². The Morgan fingerprint density at radius 1 is 1.00 bits per heavy atom. The molecule has 0 saturated heterocycles. The molecule has 3 aromatic rings. The maximum atomic E-state index is 13.5. The summed E-state index contributed by atoms with van der Waals surface area (Å²) >= 11 is 1.42. The van der Waals surface area contributed by atoms with Gasteiger partial charge in [-0.15, -0.1) is 0 Å². The van der Waals surface area contributed by atoms with Crippen LogP contribution in [-0.2, 0) is 9.53 Å². The van der Waals surface area contributed by atoms with Gasteiger partial charge in [0.25, 0.3) is 5.91 Å². The number of hydrogen-bond donors (Lipinski definition) is 1. The number of fused-ring (bicyclic) bond motifs is 2. The van der Waals surface area contributed by atoms with E-state index in [4.69, 9.17) is 9.47 Å². The number of anilines is 2. The van der Waals surface area contributed by atoms with Gasteiger partial charge in [-0.1, -0.05) is 30.0 Å². The van der Waals surface area contributed by atoms with Crippen molar-refractivity contribution in [2.75, 3.05) is 30.5 Å². The lowest BCUT2D eigenvalue weighted by atomic mass is 10.1. The second kappa shape index (κ2) is 9.79. The van der Waals surface area contributed by atoms with Crippen LogP contribution in [-0.4, -0.2) is 38.0 Å². The molecule has 0 aliphatic carbocycles. The van der Waals surface area contributed by atoms with Gasteiger partial charge < -0.3 is 14.8 Å². The Kier molecular flexibility index (Phi) is 6.65. The lowest BCUT2D eigenvalue weighted by molar-refractivity contribution is -0.114. The van der Waals surface area contributed by atoms with Gasteiger partial charge in [-0.25, -0.2) is 4.79 Å². The number of benzene rings is 3. The number of nitrogens with zero attached hydrogens (tertiary/aromatic N) is 1. The minimum atomic E-state index is -0.486. The van der Waals surface area contributed by atoms with E-state index < -0.39 is 5.97 Å². The van der Waals surface area contributed by atoms with E-state index in [0.29, 0.717) is 28.3 Å². The highest BCUT2D eigenvalue weighted by atomic mass is 32.2. The zero-order chi connectivity index (χ0) is 23.4. The fraction of sp³-hybridized carbons (Fsp3) is 0.160. The van der Waals surface area contributed by atoms with Crippen LogP contribution < -0.4 is 15.0 Å². The first kappa shape index (κ1) is 22.4. The number of carbonyl (C=O) groups excluding carboxylic acids is 3. The van der Waals surface area contributed by atoms with Gasteiger partial charge in [0.05, 0.1) is 30.5 Å². The molecule has 7 nitrogen and oxygen atoms in total. The summed E-state index contributed by atoms with van der Waals surface area (Å²) in [5.74, 6) is -0.583. The number of hydrogen-bond acceptors (Lipinski definition) is 6. The van der Waals surface area contributed by atoms with Gasteiger partial charge in [0, 0.05) is 21.5 Å². The van der Waals surface area contributed by atoms with Crippen molar-refractivity contribution in [3.05, 3.63) is 77.9 Å². The molecule has 0 fully saturated rings. The molecule has 1 heterocycles. The van der Waals surface area contributed by atoms with Crippen molar-refractivity contribution in [3.8, 4) is 5.75 Å². The number of methoxy groups -OCH3 is 1. The molecule has 4 rings (SSSR count). The van der Waals surface area contributed by atoms with Crippen molar-refractivity contribution in [2.24, 2.45) is 0 Å². The van der Waals surface area contributed by atoms with E-state index in [1.807, 2.05) is 12.1 Å². The summed E-state index contributed by atoms with van der Waals surface area (Å²) in [7, 11) is 1.55. The van der Waals surface area contributed by atoms with Crippen LogP contribution in [0.1, 0.15) is 27.6 Å². The number of rotatable bonds is 6. The molecular weight excluding hydrogens is 440 g/mol. The number of amides is 2. The quantitative estimate of drug-likeness (QED) is 0.538. The van der Waals surface area contributed by atoms with Gasteiger partial charge in [-0.05, 0) is 49.4 Å². The van der Waals surface area contributed by atoms with E-state index in [9.17, 15) is 14.4 Å². The number of carbonyl (C=O) groups is 3. The molecule has 168 valence electrons. The second-order valence-electron chi connectivity index (χ2n) is 7.17. The standard InChI is InChI=1S/C25H22N2O5S/c1-3-32-25(30)16-11-12-22-20(13-16)27(24(29)19-9-4-5-10-21(19)33-22)15-23(28)26-17-7-6-8-18(14-17)31-2/h4-14H,3,15H2,1-2H3,(H,26,28). The van der Waals surface area contributed by atoms with Crippen LogP contribution >= 0.6 is 11.8 Å². The first-order chi connectivity index (χ1) is 16.0. The van der Waals surface area contributed by atoms with E-state index >= 15 is 0 Å². The Balaban J connectivity index is 1.70. The number of ether oxygens (including phenoxy) is 2. The average Bonchev–Trinajstić information content (AvgIpc) is 2.93. The normalized spacial score (nSPS) is 12.3. The maximum absolute atomic E-state index is 13.5. The highest BCUT2D eigenvalue weighted by Gasteiger charge is 2.29. The fourth-order valence-corrected chi connectivity index (χ4v) is 4.52. The zero-order valence-electron chi connectivity index (χ0n) is 18.2. The van der Waals surface area contributed by atoms with Gasteiger partial charge >= 0.3 is 5.97 Å². The molecule has 3 aromatic carbocycles. The Labute approximate surface area is 195 Å². The van der Waals surface area contributed by atoms with E-state index in [2.05, 4.69) is 5.32 Å². The highest BCUT2D eigenvalue weighted by Crippen LogP contribution is 2.41. The van der Waals surface area contributed by atoms with Crippen molar-refractivity contribution in [2.45, 2.75) is 16.7 Å². The van der Waals surface area contributed by atoms with Crippen LogP contribution in [0.5, 0.6) is 5.75 Å². The first-order valence-corrected chi connectivity index (χ1v) is 11.2. The largest absolute Gasteiger partial charge is 0.497 e. The molecule has 0 spiro atoms. The second-order valence-corrected chi connectivity index (χ2v) is 8.26. The highest BCUT2D eigenvalue weighted by molar-refractivity contribution is 7.99. The summed E-state index contributed by atoms with van der Waals surface area (Å²) in [5, 5.41) is 2.81. The number of esters is 1. The van der Waals surface area contributed by atoms with Gasteiger partial charge in [-0.3, -0.25) is 14.5 Å². The first-order valence-electron chi connectivity index (χ1n) is 10.3. The minimum absolute atomic E-state index is 0.232. The Hall–Kier alpha value is -3.78. The van der Waals surface area contributed by atoms with Crippen LogP contribution in [0.3, 0.4) is 0 Å². The summed E-state index contributed by atoms with van der Waals surface area (Å²) in [6, 6.07) is 19.2. The van der Waals surface area contributed by atoms with Crippen molar-refractivity contribution < 1.29 is 23.9 Å². The van der Waals surface area contributed by atoms with Crippen LogP contribution in [0.15, 0.2) is 76.5 Å². The predicted octanol–water partition coefficient (Wildman–Crippen LogP) is 4.62. The van der Waals surface area contributed by atoms with Gasteiger partial charge in [0.1, 0.15) is 12.3 Å². The smallest absolute Gasteiger partial charge is 0.338 e. The zero-order valence-corrected chi connectivity index (χ0v) is 19.0. The van der Waals surface area contributed by atoms with E-state index in [0.717, 1.165) is 9.79 Å². The third-order valence-corrected chi connectivity index (χ3v) is 6.14. The lowest BCUT2D eigenvalue weighted by Crippen LogP contribution is -2.38. The molecule has 1 aliphatic heterocycles. The fourth-order valence-electron chi connectivity index (χ4n) is 3.46. The molecule has 33 heavy (non-hydrogen) atoms. The van der Waals surface area contributed by atoms with Gasteiger partial charge in [0.15, 0.2) is 0 Å². The molecule has 2 amide bonds. The van der Waals surface area contributed by atoms with Crippen molar-refractivity contribution in [1.82, 2.24) is 0 Å². The molecule has 1 aliphatic rings. The van der Waals surface area contributed by atoms with Crippen LogP contribution in [0.4, 0.5) is 11.4 Å². The summed E-state index contributed by atoms with van der Waals surface area (Å²) in [6.45, 7) is 1.73. The van der Waals surface area contributed by atoms with Gasteiger partial charge in [0.2, 0.25) is 5.91 Å². The van der Waals surface area contributed by atoms with Gasteiger partial charge in [-0.2, -0.15) is 0 Å². The molecule has 0 aromatic heterocycles. The summed E-state index contributed by atoms with van der Waals surface area (Å²) in [6.07, 6.45) is 0. The average molecular weight is 463 g/mol. The number of nitrogens with one attached hydrogen (secondary N) is 1. The Morgan fingerprint density at radius 2 is 1.82 bits per heavy atom. The van der Waals surface area contributed by atoms with E-state index in [1.165, 1.54) is 16.7 Å². The summed E-state index contributed by atoms with van der Waals surface area (Å²) < 4.78 is 10.3. The SMILES string of the molecule is CCOC(=O)c1ccc2c(c1)N(CC(=O)Nc1cccc(OC)c1)C(=O)c1ccccc1S2. The molecule has 1 N–H and O–H groups in total. The van der Waals surface area contributed by atoms with Crippen molar-refractivity contribution >= 4 is 40.9 Å². The van der Waals surface area contributed by atoms with Crippen molar-refractivity contribution in [3.63, 3.8) is 0 Å². The maximum Gasteiger partial charge on any atom is 0.338 e. The monoisotopic (exact) mass is 462 g/mol. The minimum Gasteiger partial charge on any atom is -0.497 e.